The Labute approximate surface area is 125 Å². The first-order chi connectivity index (χ1) is 10.1. The molecule has 0 heterocycles. The van der Waals surface area contributed by atoms with E-state index in [0.717, 1.165) is 22.6 Å². The lowest BCUT2D eigenvalue weighted by molar-refractivity contribution is 0.340. The number of nitrogens with one attached hydrogen (secondary N) is 1. The molecule has 2 N–H and O–H groups in total. The molecule has 2 rings (SSSR count). The van der Waals surface area contributed by atoms with Crippen LogP contribution < -0.4 is 14.8 Å². The first kappa shape index (κ1) is 15.0. The summed E-state index contributed by atoms with van der Waals surface area (Å²) in [6.07, 6.45) is 0. The quantitative estimate of drug-likeness (QED) is 0.850. The highest BCUT2D eigenvalue weighted by atomic mass is 16.5. The third kappa shape index (κ3) is 3.81. The number of anilines is 1. The number of rotatable bonds is 6. The van der Waals surface area contributed by atoms with E-state index < -0.39 is 0 Å². The van der Waals surface area contributed by atoms with Gasteiger partial charge in [0, 0.05) is 12.2 Å². The molecule has 112 valence electrons. The van der Waals surface area contributed by atoms with E-state index in [1.807, 2.05) is 44.2 Å². The van der Waals surface area contributed by atoms with Crippen molar-refractivity contribution < 1.29 is 14.6 Å². The van der Waals surface area contributed by atoms with Crippen LogP contribution in [0.4, 0.5) is 5.69 Å². The Morgan fingerprint density at radius 1 is 1.14 bits per heavy atom. The second-order valence-electron chi connectivity index (χ2n) is 4.77. The van der Waals surface area contributed by atoms with Gasteiger partial charge < -0.3 is 19.9 Å². The third-order valence-corrected chi connectivity index (χ3v) is 3.24. The number of aryl methyl sites for hydroxylation is 1. The zero-order valence-electron chi connectivity index (χ0n) is 12.6. The number of ether oxygens (including phenoxy) is 2. The number of benzene rings is 2. The van der Waals surface area contributed by atoms with E-state index in [9.17, 15) is 5.11 Å². The molecule has 0 saturated heterocycles. The van der Waals surface area contributed by atoms with Crippen molar-refractivity contribution in [3.63, 3.8) is 0 Å². The molecule has 0 bridgehead atoms. The molecule has 2 aromatic carbocycles. The Kier molecular flexibility index (Phi) is 4.93. The molecule has 0 radical (unpaired) electrons. The Morgan fingerprint density at radius 2 is 1.95 bits per heavy atom. The van der Waals surface area contributed by atoms with Gasteiger partial charge >= 0.3 is 0 Å². The normalized spacial score (nSPS) is 10.2. The monoisotopic (exact) mass is 287 g/mol. The van der Waals surface area contributed by atoms with Gasteiger partial charge in [-0.15, -0.1) is 0 Å². The van der Waals surface area contributed by atoms with Gasteiger partial charge in [-0.25, -0.2) is 0 Å². The minimum absolute atomic E-state index is 0.151. The SMILES string of the molecule is CCOc1ccc(NCc2ccc(O)c(OC)c2)c(C)c1. The van der Waals surface area contributed by atoms with Gasteiger partial charge in [-0.2, -0.15) is 0 Å². The molecular formula is C17H21NO3. The zero-order valence-corrected chi connectivity index (χ0v) is 12.6. The lowest BCUT2D eigenvalue weighted by Crippen LogP contribution is -2.02. The van der Waals surface area contributed by atoms with E-state index in [0.29, 0.717) is 18.9 Å². The van der Waals surface area contributed by atoms with E-state index in [1.54, 1.807) is 13.2 Å². The largest absolute Gasteiger partial charge is 0.504 e. The average molecular weight is 287 g/mol. The minimum atomic E-state index is 0.151. The van der Waals surface area contributed by atoms with Crippen molar-refractivity contribution in [3.05, 3.63) is 47.5 Å². The predicted molar refractivity (Wildman–Crippen MR) is 84.3 cm³/mol. The van der Waals surface area contributed by atoms with Gasteiger partial charge in [0.2, 0.25) is 0 Å². The second kappa shape index (κ2) is 6.88. The van der Waals surface area contributed by atoms with Crippen LogP contribution in [0.5, 0.6) is 17.2 Å². The van der Waals surface area contributed by atoms with Crippen LogP contribution >= 0.6 is 0 Å². The molecule has 0 amide bonds. The predicted octanol–water partition coefficient (Wildman–Crippen LogP) is 3.72. The molecule has 21 heavy (non-hydrogen) atoms. The molecule has 0 aliphatic carbocycles. The summed E-state index contributed by atoms with van der Waals surface area (Å²) in [7, 11) is 1.54. The van der Waals surface area contributed by atoms with Crippen LogP contribution in [-0.2, 0) is 6.54 Å². The summed E-state index contributed by atoms with van der Waals surface area (Å²) in [4.78, 5) is 0. The fourth-order valence-electron chi connectivity index (χ4n) is 2.12. The Bertz CT molecular complexity index is 611. The molecule has 0 aromatic heterocycles. The van der Waals surface area contributed by atoms with Gasteiger partial charge in [0.1, 0.15) is 5.75 Å². The molecule has 0 unspecified atom stereocenters. The van der Waals surface area contributed by atoms with Crippen LogP contribution in [-0.4, -0.2) is 18.8 Å². The number of aromatic hydroxyl groups is 1. The standard InChI is InChI=1S/C17H21NO3/c1-4-21-14-6-7-15(12(2)9-14)18-11-13-5-8-16(19)17(10-13)20-3/h5-10,18-19H,4,11H2,1-3H3. The number of hydrogen-bond acceptors (Lipinski definition) is 4. The maximum absolute atomic E-state index is 9.59. The van der Waals surface area contributed by atoms with Crippen LogP contribution in [0.3, 0.4) is 0 Å². The molecule has 0 spiro atoms. The highest BCUT2D eigenvalue weighted by Crippen LogP contribution is 2.27. The van der Waals surface area contributed by atoms with E-state index in [1.165, 1.54) is 0 Å². The van der Waals surface area contributed by atoms with Gasteiger partial charge in [-0.05, 0) is 55.3 Å². The maximum Gasteiger partial charge on any atom is 0.160 e. The van der Waals surface area contributed by atoms with Crippen LogP contribution in [0.25, 0.3) is 0 Å². The van der Waals surface area contributed by atoms with Gasteiger partial charge in [-0.3, -0.25) is 0 Å². The lowest BCUT2D eigenvalue weighted by atomic mass is 10.1. The smallest absolute Gasteiger partial charge is 0.160 e. The van der Waals surface area contributed by atoms with Crippen LogP contribution in [0.1, 0.15) is 18.1 Å². The first-order valence-corrected chi connectivity index (χ1v) is 6.97. The topological polar surface area (TPSA) is 50.7 Å². The Morgan fingerprint density at radius 3 is 2.62 bits per heavy atom. The molecule has 2 aromatic rings. The highest BCUT2D eigenvalue weighted by Gasteiger charge is 2.04. The maximum atomic E-state index is 9.59. The molecule has 0 fully saturated rings. The van der Waals surface area contributed by atoms with Crippen molar-refractivity contribution in [2.75, 3.05) is 19.0 Å². The minimum Gasteiger partial charge on any atom is -0.504 e. The fourth-order valence-corrected chi connectivity index (χ4v) is 2.12. The van der Waals surface area contributed by atoms with Gasteiger partial charge in [0.25, 0.3) is 0 Å². The summed E-state index contributed by atoms with van der Waals surface area (Å²) in [5, 5.41) is 13.0. The number of phenolic OH excluding ortho intramolecular Hbond substituents is 1. The van der Waals surface area contributed by atoms with E-state index in [-0.39, 0.29) is 5.75 Å². The van der Waals surface area contributed by atoms with Crippen molar-refractivity contribution in [1.82, 2.24) is 0 Å². The molecule has 4 nitrogen and oxygen atoms in total. The molecule has 0 atom stereocenters. The van der Waals surface area contributed by atoms with Crippen molar-refractivity contribution in [3.8, 4) is 17.2 Å². The van der Waals surface area contributed by atoms with Crippen molar-refractivity contribution in [1.29, 1.82) is 0 Å². The average Bonchev–Trinajstić information content (AvgIpc) is 2.48. The third-order valence-electron chi connectivity index (χ3n) is 3.24. The van der Waals surface area contributed by atoms with Crippen LogP contribution in [0.15, 0.2) is 36.4 Å². The molecule has 0 aliphatic heterocycles. The molecule has 0 aliphatic rings. The summed E-state index contributed by atoms with van der Waals surface area (Å²) in [6.45, 7) is 5.34. The van der Waals surface area contributed by atoms with Crippen LogP contribution in [0, 0.1) is 6.92 Å². The van der Waals surface area contributed by atoms with Gasteiger partial charge in [0.05, 0.1) is 13.7 Å². The van der Waals surface area contributed by atoms with Crippen molar-refractivity contribution >= 4 is 5.69 Å². The highest BCUT2D eigenvalue weighted by molar-refractivity contribution is 5.54. The van der Waals surface area contributed by atoms with E-state index in [4.69, 9.17) is 9.47 Å². The molecular weight excluding hydrogens is 266 g/mol. The van der Waals surface area contributed by atoms with Crippen molar-refractivity contribution in [2.45, 2.75) is 20.4 Å². The van der Waals surface area contributed by atoms with E-state index >= 15 is 0 Å². The number of phenols is 1. The van der Waals surface area contributed by atoms with Gasteiger partial charge in [-0.1, -0.05) is 6.07 Å². The Balaban J connectivity index is 2.06. The molecule has 4 heteroatoms. The fraction of sp³-hybridized carbons (Fsp3) is 0.294. The number of hydrogen-bond donors (Lipinski definition) is 2. The van der Waals surface area contributed by atoms with Crippen LogP contribution in [0.2, 0.25) is 0 Å². The summed E-state index contributed by atoms with van der Waals surface area (Å²) < 4.78 is 10.6. The summed E-state index contributed by atoms with van der Waals surface area (Å²) in [6, 6.07) is 11.3. The Hall–Kier alpha value is -2.36. The number of methoxy groups -OCH3 is 1. The summed E-state index contributed by atoms with van der Waals surface area (Å²) in [5.41, 5.74) is 3.23. The first-order valence-electron chi connectivity index (χ1n) is 6.97. The molecule has 0 saturated carbocycles. The second-order valence-corrected chi connectivity index (χ2v) is 4.77. The lowest BCUT2D eigenvalue weighted by Gasteiger charge is -2.12. The zero-order chi connectivity index (χ0) is 15.2. The van der Waals surface area contributed by atoms with Gasteiger partial charge in [0.15, 0.2) is 11.5 Å². The summed E-state index contributed by atoms with van der Waals surface area (Å²) in [5.74, 6) is 1.52. The van der Waals surface area contributed by atoms with E-state index in [2.05, 4.69) is 5.32 Å². The summed E-state index contributed by atoms with van der Waals surface area (Å²) >= 11 is 0. The van der Waals surface area contributed by atoms with Crippen molar-refractivity contribution in [2.24, 2.45) is 0 Å².